The first-order chi connectivity index (χ1) is 13.0. The average molecular weight is 373 g/mol. The summed E-state index contributed by atoms with van der Waals surface area (Å²) in [6.45, 7) is 1.62. The van der Waals surface area contributed by atoms with Gasteiger partial charge >= 0.3 is 12.1 Å². The van der Waals surface area contributed by atoms with Gasteiger partial charge in [0.1, 0.15) is 12.1 Å². The molecule has 0 aliphatic carbocycles. The molecule has 0 radical (unpaired) electrons. The Bertz CT molecular complexity index is 772. The highest BCUT2D eigenvalue weighted by Gasteiger charge is 2.48. The number of hydrogen-bond acceptors (Lipinski definition) is 5. The molecule has 2 N–H and O–H groups in total. The van der Waals surface area contributed by atoms with E-state index < -0.39 is 17.7 Å². The first-order valence-corrected chi connectivity index (χ1v) is 9.24. The molecular weight excluding hydrogens is 350 g/mol. The van der Waals surface area contributed by atoms with Crippen LogP contribution in [0.1, 0.15) is 24.0 Å². The largest absolute Gasteiger partial charge is 0.480 e. The van der Waals surface area contributed by atoms with Crippen molar-refractivity contribution >= 4 is 18.0 Å². The minimum atomic E-state index is -1.06. The number of carbonyl (C=O) groups excluding carboxylic acids is 2. The summed E-state index contributed by atoms with van der Waals surface area (Å²) in [5.74, 6) is -0.980. The van der Waals surface area contributed by atoms with Crippen molar-refractivity contribution in [2.75, 3.05) is 26.2 Å². The lowest BCUT2D eigenvalue weighted by molar-refractivity contribution is -0.137. The molecule has 0 unspecified atom stereocenters. The highest BCUT2D eigenvalue weighted by Crippen LogP contribution is 2.33. The molecule has 3 heterocycles. The van der Waals surface area contributed by atoms with Gasteiger partial charge in [-0.25, -0.2) is 4.79 Å². The van der Waals surface area contributed by atoms with Gasteiger partial charge in [-0.2, -0.15) is 0 Å². The van der Waals surface area contributed by atoms with Crippen LogP contribution < -0.4 is 5.32 Å². The Kier molecular flexibility index (Phi) is 4.51. The SMILES string of the molecule is O=C(O)CN1CC2(CCN(C(=O)[C@H]3Cc4ccccc4CN3)CC2)OC1=O. The van der Waals surface area contributed by atoms with Crippen molar-refractivity contribution < 1.29 is 24.2 Å². The third-order valence-electron chi connectivity index (χ3n) is 5.73. The number of amides is 2. The van der Waals surface area contributed by atoms with Gasteiger partial charge in [0.05, 0.1) is 12.6 Å². The molecule has 2 fully saturated rings. The third kappa shape index (κ3) is 3.49. The molecule has 4 rings (SSSR count). The number of carboxylic acid groups (broad SMARTS) is 1. The van der Waals surface area contributed by atoms with E-state index in [2.05, 4.69) is 17.4 Å². The molecule has 3 aliphatic heterocycles. The van der Waals surface area contributed by atoms with E-state index in [1.807, 2.05) is 17.0 Å². The van der Waals surface area contributed by atoms with Crippen LogP contribution in [0.15, 0.2) is 24.3 Å². The van der Waals surface area contributed by atoms with Crippen molar-refractivity contribution in [1.29, 1.82) is 0 Å². The zero-order valence-corrected chi connectivity index (χ0v) is 15.0. The van der Waals surface area contributed by atoms with Gasteiger partial charge < -0.3 is 20.1 Å². The molecule has 0 aromatic heterocycles. The first kappa shape index (κ1) is 17.8. The Labute approximate surface area is 157 Å². The molecule has 1 atom stereocenters. The van der Waals surface area contributed by atoms with Crippen LogP contribution in [0.5, 0.6) is 0 Å². The summed E-state index contributed by atoms with van der Waals surface area (Å²) in [7, 11) is 0. The number of nitrogens with zero attached hydrogens (tertiary/aromatic N) is 2. The minimum Gasteiger partial charge on any atom is -0.480 e. The summed E-state index contributed by atoms with van der Waals surface area (Å²) >= 11 is 0. The van der Waals surface area contributed by atoms with Crippen molar-refractivity contribution in [1.82, 2.24) is 15.1 Å². The summed E-state index contributed by atoms with van der Waals surface area (Å²) in [5, 5.41) is 12.2. The second-order valence-corrected chi connectivity index (χ2v) is 7.53. The highest BCUT2D eigenvalue weighted by molar-refractivity contribution is 5.83. The molecule has 0 saturated carbocycles. The van der Waals surface area contributed by atoms with E-state index in [0.717, 1.165) is 0 Å². The lowest BCUT2D eigenvalue weighted by Gasteiger charge is -2.39. The summed E-state index contributed by atoms with van der Waals surface area (Å²) in [4.78, 5) is 38.7. The van der Waals surface area contributed by atoms with Gasteiger partial charge in [-0.3, -0.25) is 14.5 Å². The number of aliphatic carboxylic acids is 1. The van der Waals surface area contributed by atoms with Crippen LogP contribution in [0.2, 0.25) is 0 Å². The lowest BCUT2D eigenvalue weighted by atomic mass is 9.90. The Morgan fingerprint density at radius 3 is 2.63 bits per heavy atom. The van der Waals surface area contributed by atoms with Crippen LogP contribution in [0, 0.1) is 0 Å². The predicted octanol–water partition coefficient (Wildman–Crippen LogP) is 0.599. The molecular formula is C19H23N3O5. The number of ether oxygens (including phenoxy) is 1. The number of hydrogen-bond donors (Lipinski definition) is 2. The fraction of sp³-hybridized carbons (Fsp3) is 0.526. The standard InChI is InChI=1S/C19H23N3O5/c23-16(24)11-22-12-19(27-18(22)26)5-7-21(8-6-19)17(25)15-9-13-3-1-2-4-14(13)10-20-15/h1-4,15,20H,5-12H2,(H,23,24)/t15-/m1/s1. The molecule has 144 valence electrons. The number of carboxylic acids is 1. The van der Waals surface area contributed by atoms with Gasteiger partial charge in [0.25, 0.3) is 0 Å². The normalized spacial score (nSPS) is 23.9. The first-order valence-electron chi connectivity index (χ1n) is 9.24. The Morgan fingerprint density at radius 1 is 1.22 bits per heavy atom. The van der Waals surface area contributed by atoms with E-state index in [1.54, 1.807) is 0 Å². The molecule has 8 heteroatoms. The van der Waals surface area contributed by atoms with Gasteiger partial charge in [0.2, 0.25) is 5.91 Å². The second-order valence-electron chi connectivity index (χ2n) is 7.53. The van der Waals surface area contributed by atoms with E-state index in [4.69, 9.17) is 9.84 Å². The van der Waals surface area contributed by atoms with Crippen molar-refractivity contribution in [2.24, 2.45) is 0 Å². The number of benzene rings is 1. The van der Waals surface area contributed by atoms with Crippen LogP contribution >= 0.6 is 0 Å². The van der Waals surface area contributed by atoms with Gasteiger partial charge in [0, 0.05) is 32.5 Å². The lowest BCUT2D eigenvalue weighted by Crippen LogP contribution is -2.54. The van der Waals surface area contributed by atoms with Crippen molar-refractivity contribution in [2.45, 2.75) is 37.5 Å². The molecule has 1 spiro atoms. The fourth-order valence-electron chi connectivity index (χ4n) is 4.22. The molecule has 1 aromatic carbocycles. The zero-order valence-electron chi connectivity index (χ0n) is 15.0. The van der Waals surface area contributed by atoms with Crippen LogP contribution in [0.3, 0.4) is 0 Å². The monoisotopic (exact) mass is 373 g/mol. The summed E-state index contributed by atoms with van der Waals surface area (Å²) in [5.41, 5.74) is 1.77. The summed E-state index contributed by atoms with van der Waals surface area (Å²) in [6.07, 6.45) is 1.16. The number of carbonyl (C=O) groups is 3. The minimum absolute atomic E-state index is 0.0751. The summed E-state index contributed by atoms with van der Waals surface area (Å²) < 4.78 is 5.49. The van der Waals surface area contributed by atoms with E-state index in [-0.39, 0.29) is 25.0 Å². The maximum absolute atomic E-state index is 12.9. The Hall–Kier alpha value is -2.61. The maximum atomic E-state index is 12.9. The molecule has 27 heavy (non-hydrogen) atoms. The average Bonchev–Trinajstić information content (AvgIpc) is 2.95. The molecule has 0 bridgehead atoms. The topological polar surface area (TPSA) is 99.2 Å². The predicted molar refractivity (Wildman–Crippen MR) is 95.0 cm³/mol. The van der Waals surface area contributed by atoms with Gasteiger partial charge in [0.15, 0.2) is 0 Å². The fourth-order valence-corrected chi connectivity index (χ4v) is 4.22. The Balaban J connectivity index is 1.35. The van der Waals surface area contributed by atoms with Crippen LogP contribution in [0.25, 0.3) is 0 Å². The van der Waals surface area contributed by atoms with Gasteiger partial charge in [-0.1, -0.05) is 24.3 Å². The van der Waals surface area contributed by atoms with Crippen molar-refractivity contribution in [3.63, 3.8) is 0 Å². The highest BCUT2D eigenvalue weighted by atomic mass is 16.6. The van der Waals surface area contributed by atoms with Crippen LogP contribution in [-0.4, -0.2) is 70.7 Å². The second kappa shape index (κ2) is 6.84. The zero-order chi connectivity index (χ0) is 19.0. The van der Waals surface area contributed by atoms with E-state index >= 15 is 0 Å². The number of fused-ring (bicyclic) bond motifs is 1. The van der Waals surface area contributed by atoms with Crippen molar-refractivity contribution in [3.05, 3.63) is 35.4 Å². The molecule has 8 nitrogen and oxygen atoms in total. The number of rotatable bonds is 3. The van der Waals surface area contributed by atoms with Crippen LogP contribution in [-0.2, 0) is 27.3 Å². The Morgan fingerprint density at radius 2 is 1.93 bits per heavy atom. The number of likely N-dealkylation sites (tertiary alicyclic amines) is 1. The van der Waals surface area contributed by atoms with Crippen molar-refractivity contribution in [3.8, 4) is 0 Å². The number of piperidine rings is 1. The maximum Gasteiger partial charge on any atom is 0.411 e. The number of nitrogens with one attached hydrogen (secondary N) is 1. The van der Waals surface area contributed by atoms with Gasteiger partial charge in [-0.15, -0.1) is 0 Å². The van der Waals surface area contributed by atoms with Gasteiger partial charge in [-0.05, 0) is 17.5 Å². The molecule has 2 amide bonds. The smallest absolute Gasteiger partial charge is 0.411 e. The van der Waals surface area contributed by atoms with E-state index in [1.165, 1.54) is 16.0 Å². The van der Waals surface area contributed by atoms with E-state index in [9.17, 15) is 14.4 Å². The van der Waals surface area contributed by atoms with Crippen LogP contribution in [0.4, 0.5) is 4.79 Å². The molecule has 3 aliphatic rings. The third-order valence-corrected chi connectivity index (χ3v) is 5.73. The molecule has 1 aromatic rings. The summed E-state index contributed by atoms with van der Waals surface area (Å²) in [6, 6.07) is 7.90. The van der Waals surface area contributed by atoms with E-state index in [0.29, 0.717) is 38.9 Å². The molecule has 2 saturated heterocycles. The quantitative estimate of drug-likeness (QED) is 0.805.